The summed E-state index contributed by atoms with van der Waals surface area (Å²) in [4.78, 5) is 24.1. The molecule has 0 unspecified atom stereocenters. The van der Waals surface area contributed by atoms with Crippen LogP contribution in [0, 0.1) is 5.92 Å². The molecule has 4 rings (SSSR count). The Kier molecular flexibility index (Phi) is 4.07. The Bertz CT molecular complexity index is 742. The monoisotopic (exact) mass is 343 g/mol. The first-order chi connectivity index (χ1) is 12.1. The Morgan fingerprint density at radius 3 is 2.72 bits per heavy atom. The Balaban J connectivity index is 1.53. The number of fused-ring (bicyclic) bond motifs is 1. The van der Waals surface area contributed by atoms with Crippen LogP contribution in [0.3, 0.4) is 0 Å². The SMILES string of the molecule is CN1N=C(C(=O)N[C@@H](c2ccc3c(c2)OCCO3)C2CC2)CCC1=O. The van der Waals surface area contributed by atoms with Crippen molar-refractivity contribution in [2.45, 2.75) is 31.7 Å². The highest BCUT2D eigenvalue weighted by atomic mass is 16.6. The number of nitrogens with one attached hydrogen (secondary N) is 1. The molecule has 132 valence electrons. The van der Waals surface area contributed by atoms with Crippen molar-refractivity contribution in [1.82, 2.24) is 10.3 Å². The molecule has 3 aliphatic rings. The molecular formula is C18H21N3O4. The van der Waals surface area contributed by atoms with Gasteiger partial charge >= 0.3 is 0 Å². The minimum atomic E-state index is -0.203. The molecule has 1 saturated carbocycles. The average Bonchev–Trinajstić information content (AvgIpc) is 3.46. The Morgan fingerprint density at radius 2 is 2.00 bits per heavy atom. The minimum absolute atomic E-state index is 0.0675. The molecule has 2 heterocycles. The molecule has 7 heteroatoms. The first-order valence-corrected chi connectivity index (χ1v) is 8.66. The van der Waals surface area contributed by atoms with Gasteiger partial charge in [-0.15, -0.1) is 0 Å². The summed E-state index contributed by atoms with van der Waals surface area (Å²) >= 11 is 0. The van der Waals surface area contributed by atoms with E-state index in [9.17, 15) is 9.59 Å². The van der Waals surface area contributed by atoms with Crippen molar-refractivity contribution in [3.63, 3.8) is 0 Å². The standard InChI is InChI=1S/C18H21N3O4/c1-21-16(22)7-5-13(20-21)18(23)19-17(11-2-3-11)12-4-6-14-15(10-12)25-9-8-24-14/h4,6,10-11,17H,2-3,5,7-9H2,1H3,(H,19,23)/t17-/m1/s1. The largest absolute Gasteiger partial charge is 0.486 e. The third kappa shape index (κ3) is 3.31. The van der Waals surface area contributed by atoms with Crippen molar-refractivity contribution in [2.24, 2.45) is 11.0 Å². The molecule has 0 bridgehead atoms. The van der Waals surface area contributed by atoms with E-state index in [1.54, 1.807) is 7.05 Å². The smallest absolute Gasteiger partial charge is 0.267 e. The van der Waals surface area contributed by atoms with Gasteiger partial charge in [0.25, 0.3) is 5.91 Å². The zero-order valence-electron chi connectivity index (χ0n) is 14.2. The molecule has 0 radical (unpaired) electrons. The van der Waals surface area contributed by atoms with Crippen molar-refractivity contribution < 1.29 is 19.1 Å². The quantitative estimate of drug-likeness (QED) is 0.901. The third-order valence-corrected chi connectivity index (χ3v) is 4.77. The normalized spacial score (nSPS) is 20.8. The van der Waals surface area contributed by atoms with Gasteiger partial charge in [-0.05, 0) is 36.5 Å². The molecular weight excluding hydrogens is 322 g/mol. The fraction of sp³-hybridized carbons (Fsp3) is 0.500. The van der Waals surface area contributed by atoms with Crippen LogP contribution in [-0.2, 0) is 9.59 Å². The average molecular weight is 343 g/mol. The van der Waals surface area contributed by atoms with E-state index in [-0.39, 0.29) is 17.9 Å². The number of carbonyl (C=O) groups is 2. The second-order valence-electron chi connectivity index (χ2n) is 6.66. The minimum Gasteiger partial charge on any atom is -0.486 e. The van der Waals surface area contributed by atoms with Crippen LogP contribution >= 0.6 is 0 Å². The first kappa shape index (κ1) is 15.9. The van der Waals surface area contributed by atoms with Crippen LogP contribution in [0.25, 0.3) is 0 Å². The zero-order chi connectivity index (χ0) is 17.4. The lowest BCUT2D eigenvalue weighted by molar-refractivity contribution is -0.130. The van der Waals surface area contributed by atoms with E-state index in [2.05, 4.69) is 10.4 Å². The maximum atomic E-state index is 12.6. The highest BCUT2D eigenvalue weighted by molar-refractivity contribution is 6.39. The van der Waals surface area contributed by atoms with Crippen LogP contribution < -0.4 is 14.8 Å². The van der Waals surface area contributed by atoms with Crippen LogP contribution in [0.1, 0.15) is 37.3 Å². The number of benzene rings is 1. The molecule has 2 amide bonds. The summed E-state index contributed by atoms with van der Waals surface area (Å²) in [6.45, 7) is 1.09. The van der Waals surface area contributed by atoms with Gasteiger partial charge in [-0.3, -0.25) is 9.59 Å². The second kappa shape index (κ2) is 6.38. The topological polar surface area (TPSA) is 80.2 Å². The predicted molar refractivity (Wildman–Crippen MR) is 90.5 cm³/mol. The summed E-state index contributed by atoms with van der Waals surface area (Å²) in [6, 6.07) is 5.76. The molecule has 1 fully saturated rings. The lowest BCUT2D eigenvalue weighted by atomic mass is 10.0. The van der Waals surface area contributed by atoms with Crippen molar-refractivity contribution in [3.05, 3.63) is 23.8 Å². The third-order valence-electron chi connectivity index (χ3n) is 4.77. The summed E-state index contributed by atoms with van der Waals surface area (Å²) < 4.78 is 11.2. The number of hydrazone groups is 1. The van der Waals surface area contributed by atoms with Gasteiger partial charge in [0, 0.05) is 19.9 Å². The van der Waals surface area contributed by atoms with E-state index >= 15 is 0 Å². The van der Waals surface area contributed by atoms with Crippen molar-refractivity contribution in [2.75, 3.05) is 20.3 Å². The first-order valence-electron chi connectivity index (χ1n) is 8.66. The summed E-state index contributed by atoms with van der Waals surface area (Å²) in [5.74, 6) is 1.62. The number of nitrogens with zero attached hydrogens (tertiary/aromatic N) is 2. The van der Waals surface area contributed by atoms with E-state index in [1.807, 2.05) is 18.2 Å². The summed E-state index contributed by atoms with van der Waals surface area (Å²) in [7, 11) is 1.58. The number of hydrogen-bond acceptors (Lipinski definition) is 5. The van der Waals surface area contributed by atoms with Gasteiger partial charge in [0.05, 0.1) is 6.04 Å². The lowest BCUT2D eigenvalue weighted by Gasteiger charge is -2.24. The van der Waals surface area contributed by atoms with E-state index in [4.69, 9.17) is 9.47 Å². The number of ether oxygens (including phenoxy) is 2. The molecule has 0 aromatic heterocycles. The van der Waals surface area contributed by atoms with Crippen molar-refractivity contribution in [1.29, 1.82) is 0 Å². The highest BCUT2D eigenvalue weighted by Gasteiger charge is 2.35. The molecule has 25 heavy (non-hydrogen) atoms. The number of rotatable bonds is 4. The Morgan fingerprint density at radius 1 is 1.24 bits per heavy atom. The van der Waals surface area contributed by atoms with Gasteiger partial charge in [0.1, 0.15) is 18.9 Å². The van der Waals surface area contributed by atoms with E-state index in [1.165, 1.54) is 5.01 Å². The maximum absolute atomic E-state index is 12.6. The van der Waals surface area contributed by atoms with E-state index in [0.29, 0.717) is 37.7 Å². The second-order valence-corrected chi connectivity index (χ2v) is 6.66. The van der Waals surface area contributed by atoms with Crippen LogP contribution in [0.4, 0.5) is 0 Å². The van der Waals surface area contributed by atoms with Crippen molar-refractivity contribution >= 4 is 17.5 Å². The number of hydrogen-bond donors (Lipinski definition) is 1. The van der Waals surface area contributed by atoms with Gasteiger partial charge in [-0.2, -0.15) is 5.10 Å². The molecule has 7 nitrogen and oxygen atoms in total. The molecule has 1 aliphatic carbocycles. The van der Waals surface area contributed by atoms with Gasteiger partial charge < -0.3 is 14.8 Å². The van der Waals surface area contributed by atoms with Crippen LogP contribution in [0.2, 0.25) is 0 Å². The highest BCUT2D eigenvalue weighted by Crippen LogP contribution is 2.43. The molecule has 1 aromatic rings. The lowest BCUT2D eigenvalue weighted by Crippen LogP contribution is -2.39. The van der Waals surface area contributed by atoms with Gasteiger partial charge in [0.15, 0.2) is 11.5 Å². The van der Waals surface area contributed by atoms with Gasteiger partial charge in [0.2, 0.25) is 5.91 Å². The maximum Gasteiger partial charge on any atom is 0.267 e. The van der Waals surface area contributed by atoms with Crippen LogP contribution in [-0.4, -0.2) is 42.8 Å². The fourth-order valence-corrected chi connectivity index (χ4v) is 3.21. The molecule has 2 aliphatic heterocycles. The molecule has 1 aromatic carbocycles. The molecule has 1 N–H and O–H groups in total. The van der Waals surface area contributed by atoms with Crippen molar-refractivity contribution in [3.8, 4) is 11.5 Å². The van der Waals surface area contributed by atoms with E-state index in [0.717, 1.165) is 29.9 Å². The molecule has 0 saturated heterocycles. The predicted octanol–water partition coefficient (Wildman–Crippen LogP) is 1.63. The summed E-state index contributed by atoms with van der Waals surface area (Å²) in [6.07, 6.45) is 2.88. The Hall–Kier alpha value is -2.57. The fourth-order valence-electron chi connectivity index (χ4n) is 3.21. The Labute approximate surface area is 146 Å². The number of carbonyl (C=O) groups excluding carboxylic acids is 2. The van der Waals surface area contributed by atoms with Crippen LogP contribution in [0.5, 0.6) is 11.5 Å². The zero-order valence-corrected chi connectivity index (χ0v) is 14.2. The van der Waals surface area contributed by atoms with Crippen LogP contribution in [0.15, 0.2) is 23.3 Å². The summed E-state index contributed by atoms with van der Waals surface area (Å²) in [5, 5.41) is 8.45. The van der Waals surface area contributed by atoms with Gasteiger partial charge in [-0.25, -0.2) is 5.01 Å². The molecule has 0 spiro atoms. The number of amides is 2. The van der Waals surface area contributed by atoms with E-state index < -0.39 is 0 Å². The molecule has 1 atom stereocenters. The summed E-state index contributed by atoms with van der Waals surface area (Å²) in [5.41, 5.74) is 1.42. The van der Waals surface area contributed by atoms with Gasteiger partial charge in [-0.1, -0.05) is 6.07 Å².